The zero-order chi connectivity index (χ0) is 20.1. The van der Waals surface area contributed by atoms with Crippen LogP contribution in [0.1, 0.15) is 5.69 Å². The Morgan fingerprint density at radius 3 is 2.59 bits per heavy atom. The molecule has 0 atom stereocenters. The molecule has 1 aliphatic heterocycles. The summed E-state index contributed by atoms with van der Waals surface area (Å²) in [7, 11) is 3.56. The lowest BCUT2D eigenvalue weighted by atomic mass is 10.1. The number of ether oxygens (including phenoxy) is 1. The average molecular weight is 390 g/mol. The molecule has 0 amide bonds. The first-order valence-corrected chi connectivity index (χ1v) is 9.96. The molecule has 1 aliphatic rings. The summed E-state index contributed by atoms with van der Waals surface area (Å²) in [5.41, 5.74) is 2.19. The van der Waals surface area contributed by atoms with Gasteiger partial charge in [-0.1, -0.05) is 36.4 Å². The van der Waals surface area contributed by atoms with Gasteiger partial charge in [-0.15, -0.1) is 0 Å². The van der Waals surface area contributed by atoms with E-state index in [0.29, 0.717) is 6.54 Å². The molecule has 0 radical (unpaired) electrons. The molecular weight excluding hydrogens is 362 g/mol. The second kappa shape index (κ2) is 8.82. The predicted molar refractivity (Wildman–Crippen MR) is 119 cm³/mol. The van der Waals surface area contributed by atoms with Gasteiger partial charge in [-0.2, -0.15) is 0 Å². The molecule has 2 aromatic carbocycles. The minimum Gasteiger partial charge on any atom is -0.495 e. The minimum absolute atomic E-state index is 0.654. The Bertz CT molecular complexity index is 990. The van der Waals surface area contributed by atoms with E-state index < -0.39 is 0 Å². The Morgan fingerprint density at radius 1 is 1.03 bits per heavy atom. The quantitative estimate of drug-likeness (QED) is 0.549. The summed E-state index contributed by atoms with van der Waals surface area (Å²) in [5.74, 6) is 1.84. The molecule has 0 bridgehead atoms. The fourth-order valence-corrected chi connectivity index (χ4v) is 3.87. The highest BCUT2D eigenvalue weighted by Gasteiger charge is 2.21. The Labute approximate surface area is 171 Å². The van der Waals surface area contributed by atoms with Crippen LogP contribution in [-0.2, 0) is 6.54 Å². The third-order valence-electron chi connectivity index (χ3n) is 5.39. The largest absolute Gasteiger partial charge is 0.495 e. The van der Waals surface area contributed by atoms with Gasteiger partial charge in [0.2, 0.25) is 0 Å². The predicted octanol–water partition coefficient (Wildman–Crippen LogP) is 3.14. The Hall–Kier alpha value is -3.28. The Morgan fingerprint density at radius 2 is 1.79 bits per heavy atom. The number of fused-ring (bicyclic) bond motifs is 1. The third-order valence-corrected chi connectivity index (χ3v) is 5.39. The number of pyridine rings is 1. The van der Waals surface area contributed by atoms with E-state index in [1.54, 1.807) is 7.11 Å². The number of aliphatic imine (C=N–C) groups is 1. The Kier molecular flexibility index (Phi) is 5.79. The number of piperazine rings is 1. The number of nitrogens with one attached hydrogen (secondary N) is 1. The molecule has 2 heterocycles. The molecule has 1 saturated heterocycles. The van der Waals surface area contributed by atoms with Crippen molar-refractivity contribution < 1.29 is 4.74 Å². The zero-order valence-corrected chi connectivity index (χ0v) is 17.0. The van der Waals surface area contributed by atoms with Gasteiger partial charge in [0.15, 0.2) is 5.96 Å². The molecular formula is C23H27N5O. The maximum absolute atomic E-state index is 5.52. The number of nitrogens with zero attached hydrogens (tertiary/aromatic N) is 4. The summed E-state index contributed by atoms with van der Waals surface area (Å²) in [6, 6.07) is 18.6. The molecule has 4 rings (SSSR count). The molecule has 1 fully saturated rings. The summed E-state index contributed by atoms with van der Waals surface area (Å²) in [6.07, 6.45) is 1.87. The first-order valence-electron chi connectivity index (χ1n) is 9.96. The van der Waals surface area contributed by atoms with Crippen molar-refractivity contribution in [1.29, 1.82) is 0 Å². The van der Waals surface area contributed by atoms with Crippen LogP contribution in [0.2, 0.25) is 0 Å². The van der Waals surface area contributed by atoms with Gasteiger partial charge < -0.3 is 19.9 Å². The molecule has 6 heteroatoms. The smallest absolute Gasteiger partial charge is 0.194 e. The lowest BCUT2D eigenvalue weighted by Crippen LogP contribution is -2.52. The lowest BCUT2D eigenvalue weighted by molar-refractivity contribution is 0.367. The maximum Gasteiger partial charge on any atom is 0.194 e. The van der Waals surface area contributed by atoms with E-state index in [0.717, 1.165) is 49.3 Å². The van der Waals surface area contributed by atoms with Crippen molar-refractivity contribution in [1.82, 2.24) is 15.2 Å². The van der Waals surface area contributed by atoms with Gasteiger partial charge in [-0.05, 0) is 23.6 Å². The van der Waals surface area contributed by atoms with E-state index in [2.05, 4.69) is 61.5 Å². The number of anilines is 1. The minimum atomic E-state index is 0.654. The highest BCUT2D eigenvalue weighted by molar-refractivity contribution is 5.85. The van der Waals surface area contributed by atoms with Crippen LogP contribution in [0.5, 0.6) is 5.75 Å². The first kappa shape index (κ1) is 19.1. The number of guanidine groups is 1. The van der Waals surface area contributed by atoms with Crippen molar-refractivity contribution in [3.8, 4) is 5.75 Å². The summed E-state index contributed by atoms with van der Waals surface area (Å²) in [6.45, 7) is 4.31. The number of hydrogen-bond donors (Lipinski definition) is 1. The Balaban J connectivity index is 1.40. The van der Waals surface area contributed by atoms with Gasteiger partial charge in [-0.3, -0.25) is 9.98 Å². The number of hydrogen-bond acceptors (Lipinski definition) is 4. The topological polar surface area (TPSA) is 53.0 Å². The summed E-state index contributed by atoms with van der Waals surface area (Å²) >= 11 is 0. The number of benzene rings is 2. The molecule has 1 N–H and O–H groups in total. The number of para-hydroxylation sites is 2. The highest BCUT2D eigenvalue weighted by atomic mass is 16.5. The molecule has 0 saturated carbocycles. The average Bonchev–Trinajstić information content (AvgIpc) is 2.80. The van der Waals surface area contributed by atoms with E-state index >= 15 is 0 Å². The lowest BCUT2D eigenvalue weighted by Gasteiger charge is -2.38. The number of aromatic nitrogens is 1. The van der Waals surface area contributed by atoms with Gasteiger partial charge in [0, 0.05) is 44.8 Å². The van der Waals surface area contributed by atoms with Crippen molar-refractivity contribution in [2.45, 2.75) is 6.54 Å². The van der Waals surface area contributed by atoms with Crippen molar-refractivity contribution in [2.75, 3.05) is 45.2 Å². The van der Waals surface area contributed by atoms with Crippen LogP contribution in [0, 0.1) is 0 Å². The van der Waals surface area contributed by atoms with E-state index in [4.69, 9.17) is 4.74 Å². The van der Waals surface area contributed by atoms with Crippen molar-refractivity contribution in [3.05, 3.63) is 66.5 Å². The van der Waals surface area contributed by atoms with Crippen molar-refractivity contribution in [2.24, 2.45) is 4.99 Å². The molecule has 6 nitrogen and oxygen atoms in total. The highest BCUT2D eigenvalue weighted by Crippen LogP contribution is 2.28. The van der Waals surface area contributed by atoms with E-state index in [9.17, 15) is 0 Å². The fraction of sp³-hybridized carbons (Fsp3) is 0.304. The van der Waals surface area contributed by atoms with Gasteiger partial charge in [0.1, 0.15) is 5.75 Å². The number of methoxy groups -OCH3 is 1. The van der Waals surface area contributed by atoms with Crippen LogP contribution >= 0.6 is 0 Å². The molecule has 150 valence electrons. The summed E-state index contributed by atoms with van der Waals surface area (Å²) in [5, 5.41) is 5.88. The SMILES string of the molecule is CN=C(NCc1nccc2ccccc12)N1CCN(c2ccccc2OC)CC1. The second-order valence-electron chi connectivity index (χ2n) is 7.03. The monoisotopic (exact) mass is 389 g/mol. The first-order chi connectivity index (χ1) is 14.3. The van der Waals surface area contributed by atoms with E-state index in [-0.39, 0.29) is 0 Å². The standard InChI is InChI=1S/C23H27N5O/c1-24-23(26-17-20-19-8-4-3-7-18(19)11-12-25-20)28-15-13-27(14-16-28)21-9-5-6-10-22(21)29-2/h3-12H,13-17H2,1-2H3,(H,24,26). The van der Waals surface area contributed by atoms with E-state index in [1.807, 2.05) is 31.4 Å². The van der Waals surface area contributed by atoms with Crippen LogP contribution in [0.15, 0.2) is 65.8 Å². The van der Waals surface area contributed by atoms with Gasteiger partial charge in [0.25, 0.3) is 0 Å². The summed E-state index contributed by atoms with van der Waals surface area (Å²) < 4.78 is 5.52. The second-order valence-corrected chi connectivity index (χ2v) is 7.03. The summed E-state index contributed by atoms with van der Waals surface area (Å²) in [4.78, 5) is 13.7. The van der Waals surface area contributed by atoms with Crippen LogP contribution in [-0.4, -0.2) is 56.2 Å². The fourth-order valence-electron chi connectivity index (χ4n) is 3.87. The zero-order valence-electron chi connectivity index (χ0n) is 17.0. The van der Waals surface area contributed by atoms with Gasteiger partial charge in [-0.25, -0.2) is 0 Å². The third kappa shape index (κ3) is 4.11. The van der Waals surface area contributed by atoms with Crippen LogP contribution < -0.4 is 15.0 Å². The molecule has 1 aromatic heterocycles. The van der Waals surface area contributed by atoms with Crippen molar-refractivity contribution in [3.63, 3.8) is 0 Å². The van der Waals surface area contributed by atoms with Crippen LogP contribution in [0.4, 0.5) is 5.69 Å². The van der Waals surface area contributed by atoms with Gasteiger partial charge in [0.05, 0.1) is 25.0 Å². The molecule has 0 spiro atoms. The molecule has 29 heavy (non-hydrogen) atoms. The van der Waals surface area contributed by atoms with Crippen molar-refractivity contribution >= 4 is 22.4 Å². The number of rotatable bonds is 4. The molecule has 3 aromatic rings. The maximum atomic E-state index is 5.52. The van der Waals surface area contributed by atoms with Crippen LogP contribution in [0.25, 0.3) is 10.8 Å². The van der Waals surface area contributed by atoms with Crippen LogP contribution in [0.3, 0.4) is 0 Å². The molecule has 0 aliphatic carbocycles. The van der Waals surface area contributed by atoms with E-state index in [1.165, 1.54) is 10.8 Å². The molecule has 0 unspecified atom stereocenters. The normalized spacial score (nSPS) is 14.9. The van der Waals surface area contributed by atoms with Gasteiger partial charge >= 0.3 is 0 Å².